The van der Waals surface area contributed by atoms with E-state index in [-0.39, 0.29) is 12.1 Å². The van der Waals surface area contributed by atoms with Gasteiger partial charge in [-0.05, 0) is 35.7 Å². The van der Waals surface area contributed by atoms with Gasteiger partial charge >= 0.3 is 0 Å². The molecule has 2 aromatic carbocycles. The smallest absolute Gasteiger partial charge is 0.136 e. The number of hydrogen-bond donors (Lipinski definition) is 1. The molecule has 3 aromatic rings. The van der Waals surface area contributed by atoms with Gasteiger partial charge in [0.2, 0.25) is 0 Å². The zero-order valence-electron chi connectivity index (χ0n) is 13.8. The summed E-state index contributed by atoms with van der Waals surface area (Å²) in [6.07, 6.45) is 2.21. The summed E-state index contributed by atoms with van der Waals surface area (Å²) in [5, 5.41) is 2.04. The lowest BCUT2D eigenvalue weighted by Gasteiger charge is -2.44. The third kappa shape index (κ3) is 2.42. The van der Waals surface area contributed by atoms with Gasteiger partial charge in [-0.1, -0.05) is 41.9 Å². The summed E-state index contributed by atoms with van der Waals surface area (Å²) in [5.74, 6) is 0.340. The number of Topliss-reactive ketones (excluding diaryl/α,β-unsaturated/α-hetero) is 1. The summed E-state index contributed by atoms with van der Waals surface area (Å²) in [4.78, 5) is 18.6. The standard InChI is InChI=1S/C21H19ClN2O/c22-14-7-5-13(6-8-14)19-11-15(25)12-20-21-17(9-10-24(19)20)16-3-1-2-4-18(16)23-21/h1-8,19-20,23H,9-12H2/t19-,20+/m0/s1. The van der Waals surface area contributed by atoms with Crippen molar-refractivity contribution < 1.29 is 4.79 Å². The average molecular weight is 351 g/mol. The van der Waals surface area contributed by atoms with Gasteiger partial charge in [-0.15, -0.1) is 0 Å². The molecule has 126 valence electrons. The molecular weight excluding hydrogens is 332 g/mol. The van der Waals surface area contributed by atoms with E-state index in [1.165, 1.54) is 27.7 Å². The number of H-pyrrole nitrogens is 1. The van der Waals surface area contributed by atoms with Crippen LogP contribution in [0.25, 0.3) is 10.9 Å². The van der Waals surface area contributed by atoms with Crippen LogP contribution in [0.5, 0.6) is 0 Å². The molecule has 1 N–H and O–H groups in total. The molecule has 25 heavy (non-hydrogen) atoms. The van der Waals surface area contributed by atoms with Gasteiger partial charge in [0.05, 0.1) is 6.04 Å². The number of para-hydroxylation sites is 1. The van der Waals surface area contributed by atoms with E-state index in [0.29, 0.717) is 18.6 Å². The SMILES string of the molecule is O=C1C[C@@H]2c3[nH]c4ccccc4c3CCN2[C@H](c2ccc(Cl)cc2)C1. The van der Waals surface area contributed by atoms with Gasteiger partial charge in [0.1, 0.15) is 5.78 Å². The number of rotatable bonds is 1. The summed E-state index contributed by atoms with van der Waals surface area (Å²) in [5.41, 5.74) is 4.98. The molecule has 0 unspecified atom stereocenters. The summed E-state index contributed by atoms with van der Waals surface area (Å²) < 4.78 is 0. The molecule has 3 heterocycles. The molecule has 0 bridgehead atoms. The van der Waals surface area contributed by atoms with Gasteiger partial charge in [-0.25, -0.2) is 0 Å². The van der Waals surface area contributed by atoms with Crippen molar-refractivity contribution in [3.8, 4) is 0 Å². The predicted molar refractivity (Wildman–Crippen MR) is 99.9 cm³/mol. The van der Waals surface area contributed by atoms with Crippen LogP contribution in [0.1, 0.15) is 41.7 Å². The van der Waals surface area contributed by atoms with Crippen molar-refractivity contribution in [1.82, 2.24) is 9.88 Å². The Morgan fingerprint density at radius 3 is 2.60 bits per heavy atom. The van der Waals surface area contributed by atoms with Gasteiger partial charge < -0.3 is 4.98 Å². The van der Waals surface area contributed by atoms with Gasteiger partial charge in [0.25, 0.3) is 0 Å². The second-order valence-corrected chi connectivity index (χ2v) is 7.52. The first-order valence-corrected chi connectivity index (χ1v) is 9.21. The number of nitrogens with zero attached hydrogens (tertiary/aromatic N) is 1. The Morgan fingerprint density at radius 1 is 1.00 bits per heavy atom. The number of aromatic nitrogens is 1. The highest BCUT2D eigenvalue weighted by Crippen LogP contribution is 2.45. The summed E-state index contributed by atoms with van der Waals surface area (Å²) >= 11 is 6.04. The van der Waals surface area contributed by atoms with Crippen LogP contribution in [0.15, 0.2) is 48.5 Å². The molecule has 4 heteroatoms. The van der Waals surface area contributed by atoms with Crippen molar-refractivity contribution in [2.24, 2.45) is 0 Å². The molecule has 1 fully saturated rings. The number of hydrogen-bond acceptors (Lipinski definition) is 2. The molecule has 2 atom stereocenters. The third-order valence-electron chi connectivity index (χ3n) is 5.70. The number of piperidine rings is 1. The van der Waals surface area contributed by atoms with E-state index in [2.05, 4.69) is 46.3 Å². The zero-order valence-corrected chi connectivity index (χ0v) is 14.6. The van der Waals surface area contributed by atoms with Crippen LogP contribution in [0.3, 0.4) is 0 Å². The molecule has 5 rings (SSSR count). The van der Waals surface area contributed by atoms with Crippen molar-refractivity contribution >= 4 is 28.3 Å². The number of carbonyl (C=O) groups excluding carboxylic acids is 1. The van der Waals surface area contributed by atoms with E-state index in [9.17, 15) is 4.79 Å². The second kappa shape index (κ2) is 5.72. The fourth-order valence-corrected chi connectivity index (χ4v) is 4.68. The van der Waals surface area contributed by atoms with Gasteiger partial charge in [-0.2, -0.15) is 0 Å². The number of ketones is 1. The van der Waals surface area contributed by atoms with Crippen molar-refractivity contribution in [3.05, 3.63) is 70.4 Å². The molecule has 0 amide bonds. The van der Waals surface area contributed by atoms with Gasteiger partial charge in [0, 0.05) is 47.0 Å². The fraction of sp³-hybridized carbons (Fsp3) is 0.286. The molecular formula is C21H19ClN2O. The molecule has 1 saturated heterocycles. The Hall–Kier alpha value is -2.10. The number of aromatic amines is 1. The van der Waals surface area contributed by atoms with E-state index in [0.717, 1.165) is 18.0 Å². The average Bonchev–Trinajstić information content (AvgIpc) is 3.01. The van der Waals surface area contributed by atoms with E-state index < -0.39 is 0 Å². The van der Waals surface area contributed by atoms with E-state index >= 15 is 0 Å². The topological polar surface area (TPSA) is 36.1 Å². The van der Waals surface area contributed by atoms with Crippen LogP contribution < -0.4 is 0 Å². The zero-order chi connectivity index (χ0) is 17.0. The first-order chi connectivity index (χ1) is 12.2. The van der Waals surface area contributed by atoms with E-state index in [4.69, 9.17) is 11.6 Å². The van der Waals surface area contributed by atoms with Crippen molar-refractivity contribution in [2.45, 2.75) is 31.3 Å². The van der Waals surface area contributed by atoms with E-state index in [1.54, 1.807) is 0 Å². The quantitative estimate of drug-likeness (QED) is 0.682. The number of fused-ring (bicyclic) bond motifs is 5. The first-order valence-electron chi connectivity index (χ1n) is 8.83. The maximum absolute atomic E-state index is 12.5. The Bertz CT molecular complexity index is 960. The van der Waals surface area contributed by atoms with Crippen LogP contribution in [0.4, 0.5) is 0 Å². The lowest BCUT2D eigenvalue weighted by Crippen LogP contribution is -2.43. The largest absolute Gasteiger partial charge is 0.357 e. The molecule has 0 spiro atoms. The second-order valence-electron chi connectivity index (χ2n) is 7.08. The van der Waals surface area contributed by atoms with Crippen molar-refractivity contribution in [3.63, 3.8) is 0 Å². The lowest BCUT2D eigenvalue weighted by molar-refractivity contribution is -0.126. The molecule has 0 radical (unpaired) electrons. The maximum atomic E-state index is 12.5. The fourth-order valence-electron chi connectivity index (χ4n) is 4.56. The molecule has 2 aliphatic rings. The Kier molecular flexibility index (Phi) is 3.47. The molecule has 0 aliphatic carbocycles. The summed E-state index contributed by atoms with van der Waals surface area (Å²) in [6, 6.07) is 16.7. The number of carbonyl (C=O) groups is 1. The Balaban J connectivity index is 1.59. The molecule has 3 nitrogen and oxygen atoms in total. The van der Waals surface area contributed by atoms with Gasteiger partial charge in [-0.3, -0.25) is 9.69 Å². The summed E-state index contributed by atoms with van der Waals surface area (Å²) in [6.45, 7) is 0.986. The Labute approximate surface area is 151 Å². The Morgan fingerprint density at radius 2 is 1.76 bits per heavy atom. The molecule has 2 aliphatic heterocycles. The lowest BCUT2D eigenvalue weighted by atomic mass is 9.84. The third-order valence-corrected chi connectivity index (χ3v) is 5.95. The van der Waals surface area contributed by atoms with Crippen LogP contribution in [0.2, 0.25) is 5.02 Å². The van der Waals surface area contributed by atoms with Gasteiger partial charge in [0.15, 0.2) is 0 Å². The highest BCUT2D eigenvalue weighted by atomic mass is 35.5. The monoisotopic (exact) mass is 350 g/mol. The minimum atomic E-state index is 0.142. The predicted octanol–water partition coefficient (Wildman–Crippen LogP) is 4.82. The van der Waals surface area contributed by atoms with E-state index in [1.807, 2.05) is 12.1 Å². The minimum Gasteiger partial charge on any atom is -0.357 e. The van der Waals surface area contributed by atoms with Crippen LogP contribution >= 0.6 is 11.6 Å². The molecule has 1 aromatic heterocycles. The number of halogens is 1. The summed E-state index contributed by atoms with van der Waals surface area (Å²) in [7, 11) is 0. The maximum Gasteiger partial charge on any atom is 0.136 e. The highest BCUT2D eigenvalue weighted by molar-refractivity contribution is 6.30. The number of benzene rings is 2. The van der Waals surface area contributed by atoms with Crippen molar-refractivity contribution in [1.29, 1.82) is 0 Å². The van der Waals surface area contributed by atoms with Crippen LogP contribution in [-0.4, -0.2) is 22.2 Å². The number of nitrogens with one attached hydrogen (secondary N) is 1. The highest BCUT2D eigenvalue weighted by Gasteiger charge is 2.40. The van der Waals surface area contributed by atoms with Crippen molar-refractivity contribution in [2.75, 3.05) is 6.54 Å². The minimum absolute atomic E-state index is 0.142. The normalized spacial score (nSPS) is 23.5. The van der Waals surface area contributed by atoms with Crippen LogP contribution in [-0.2, 0) is 11.2 Å². The van der Waals surface area contributed by atoms with Crippen LogP contribution in [0, 0.1) is 0 Å². The first kappa shape index (κ1) is 15.2. The molecule has 0 saturated carbocycles.